The number of hydrogen-bond donors (Lipinski definition) is 1. The highest BCUT2D eigenvalue weighted by atomic mass is 35.5. The molecule has 1 N–H and O–H groups in total. The van der Waals surface area contributed by atoms with Crippen LogP contribution >= 0.6 is 23.4 Å². The summed E-state index contributed by atoms with van der Waals surface area (Å²) in [7, 11) is 0. The molecule has 0 bridgehead atoms. The first-order valence-corrected chi connectivity index (χ1v) is 6.11. The largest absolute Gasteiger partial charge is 0.353 e. The minimum atomic E-state index is 0.434. The molecule has 5 heteroatoms. The van der Waals surface area contributed by atoms with Crippen LogP contribution in [0.5, 0.6) is 0 Å². The van der Waals surface area contributed by atoms with Gasteiger partial charge in [-0.25, -0.2) is 9.97 Å². The third-order valence-corrected chi connectivity index (χ3v) is 4.04. The molecule has 1 aromatic heterocycles. The molecule has 0 aromatic carbocycles. The number of nitrogens with one attached hydrogen (secondary N) is 1. The quantitative estimate of drug-likeness (QED) is 0.861. The second-order valence-electron chi connectivity index (χ2n) is 3.47. The van der Waals surface area contributed by atoms with Crippen LogP contribution in [0.4, 0.5) is 5.95 Å². The molecule has 0 saturated heterocycles. The second-order valence-corrected chi connectivity index (χ2v) is 5.18. The SMILES string of the molecule is CSC1(CNc2ncc(Cl)cn2)CC1. The van der Waals surface area contributed by atoms with Crippen LogP contribution in [-0.2, 0) is 0 Å². The molecule has 1 aliphatic rings. The number of halogens is 1. The maximum absolute atomic E-state index is 5.68. The van der Waals surface area contributed by atoms with Crippen LogP contribution < -0.4 is 5.32 Å². The third-order valence-electron chi connectivity index (χ3n) is 2.43. The van der Waals surface area contributed by atoms with E-state index in [9.17, 15) is 0 Å². The highest BCUT2D eigenvalue weighted by Gasteiger charge is 2.41. The molecule has 0 atom stereocenters. The van der Waals surface area contributed by atoms with Crippen LogP contribution in [0.25, 0.3) is 0 Å². The van der Waals surface area contributed by atoms with E-state index in [1.165, 1.54) is 12.8 Å². The Labute approximate surface area is 92.7 Å². The number of rotatable bonds is 4. The molecule has 14 heavy (non-hydrogen) atoms. The number of hydrogen-bond acceptors (Lipinski definition) is 4. The first kappa shape index (κ1) is 10.1. The topological polar surface area (TPSA) is 37.8 Å². The minimum Gasteiger partial charge on any atom is -0.353 e. The van der Waals surface area contributed by atoms with Gasteiger partial charge in [-0.15, -0.1) is 0 Å². The second kappa shape index (κ2) is 3.95. The van der Waals surface area contributed by atoms with Gasteiger partial charge in [0.25, 0.3) is 0 Å². The van der Waals surface area contributed by atoms with E-state index in [0.717, 1.165) is 6.54 Å². The molecule has 0 amide bonds. The number of thioether (sulfide) groups is 1. The van der Waals surface area contributed by atoms with Crippen LogP contribution in [0, 0.1) is 0 Å². The first-order valence-electron chi connectivity index (χ1n) is 4.51. The van der Waals surface area contributed by atoms with E-state index in [2.05, 4.69) is 21.5 Å². The summed E-state index contributed by atoms with van der Waals surface area (Å²) < 4.78 is 0.434. The number of aromatic nitrogens is 2. The van der Waals surface area contributed by atoms with Gasteiger partial charge in [-0.1, -0.05) is 11.6 Å². The van der Waals surface area contributed by atoms with E-state index in [1.54, 1.807) is 12.4 Å². The Kier molecular flexibility index (Phi) is 2.83. The Morgan fingerprint density at radius 3 is 2.64 bits per heavy atom. The van der Waals surface area contributed by atoms with Crippen molar-refractivity contribution in [3.63, 3.8) is 0 Å². The van der Waals surface area contributed by atoms with Crippen molar-refractivity contribution in [2.75, 3.05) is 18.1 Å². The zero-order valence-electron chi connectivity index (χ0n) is 7.96. The lowest BCUT2D eigenvalue weighted by atomic mass is 10.4. The predicted molar refractivity (Wildman–Crippen MR) is 61.0 cm³/mol. The van der Waals surface area contributed by atoms with Gasteiger partial charge in [0.15, 0.2) is 0 Å². The van der Waals surface area contributed by atoms with Gasteiger partial charge in [0.1, 0.15) is 0 Å². The van der Waals surface area contributed by atoms with Crippen LogP contribution in [0.2, 0.25) is 5.02 Å². The number of nitrogens with zero attached hydrogens (tertiary/aromatic N) is 2. The molecule has 0 spiro atoms. The van der Waals surface area contributed by atoms with E-state index in [-0.39, 0.29) is 0 Å². The molecular formula is C9H12ClN3S. The Morgan fingerprint density at radius 1 is 1.50 bits per heavy atom. The molecule has 1 heterocycles. The van der Waals surface area contributed by atoms with Crippen molar-refractivity contribution < 1.29 is 0 Å². The van der Waals surface area contributed by atoms with Gasteiger partial charge >= 0.3 is 0 Å². The first-order chi connectivity index (χ1) is 6.74. The zero-order valence-corrected chi connectivity index (χ0v) is 9.53. The molecule has 1 fully saturated rings. The summed E-state index contributed by atoms with van der Waals surface area (Å²) in [5.74, 6) is 0.662. The fourth-order valence-corrected chi connectivity index (χ4v) is 2.06. The molecule has 0 radical (unpaired) electrons. The molecule has 2 rings (SSSR count). The highest BCUT2D eigenvalue weighted by Crippen LogP contribution is 2.46. The minimum absolute atomic E-state index is 0.434. The van der Waals surface area contributed by atoms with Crippen LogP contribution in [-0.4, -0.2) is 27.5 Å². The van der Waals surface area contributed by atoms with Gasteiger partial charge in [-0.2, -0.15) is 11.8 Å². The van der Waals surface area contributed by atoms with Crippen molar-refractivity contribution in [3.8, 4) is 0 Å². The van der Waals surface area contributed by atoms with Crippen molar-refractivity contribution in [1.82, 2.24) is 9.97 Å². The van der Waals surface area contributed by atoms with Crippen LogP contribution in [0.3, 0.4) is 0 Å². The maximum atomic E-state index is 5.68. The molecule has 1 saturated carbocycles. The van der Waals surface area contributed by atoms with Gasteiger partial charge in [-0.05, 0) is 19.1 Å². The monoisotopic (exact) mass is 229 g/mol. The van der Waals surface area contributed by atoms with E-state index < -0.39 is 0 Å². The molecule has 76 valence electrons. The van der Waals surface area contributed by atoms with Crippen molar-refractivity contribution in [2.24, 2.45) is 0 Å². The Morgan fingerprint density at radius 2 is 2.14 bits per heavy atom. The summed E-state index contributed by atoms with van der Waals surface area (Å²) >= 11 is 7.60. The Balaban J connectivity index is 1.89. The molecule has 0 unspecified atom stereocenters. The van der Waals surface area contributed by atoms with Gasteiger partial charge < -0.3 is 5.32 Å². The maximum Gasteiger partial charge on any atom is 0.222 e. The Bertz CT molecular complexity index is 310. The van der Waals surface area contributed by atoms with Gasteiger partial charge in [0, 0.05) is 11.3 Å². The van der Waals surface area contributed by atoms with Crippen LogP contribution in [0.15, 0.2) is 12.4 Å². The summed E-state index contributed by atoms with van der Waals surface area (Å²) in [4.78, 5) is 8.16. The van der Waals surface area contributed by atoms with E-state index in [1.807, 2.05) is 11.8 Å². The standard InChI is InChI=1S/C9H12ClN3S/c1-14-9(2-3-9)6-13-8-11-4-7(10)5-12-8/h4-5H,2-3,6H2,1H3,(H,11,12,13). The Hall–Kier alpha value is -0.480. The fourth-order valence-electron chi connectivity index (χ4n) is 1.24. The van der Waals surface area contributed by atoms with E-state index in [4.69, 9.17) is 11.6 Å². The summed E-state index contributed by atoms with van der Waals surface area (Å²) in [6.45, 7) is 0.940. The lowest BCUT2D eigenvalue weighted by Gasteiger charge is -2.12. The normalized spacial score (nSPS) is 17.9. The van der Waals surface area contributed by atoms with Gasteiger partial charge in [-0.3, -0.25) is 0 Å². The van der Waals surface area contributed by atoms with E-state index in [0.29, 0.717) is 15.7 Å². The lowest BCUT2D eigenvalue weighted by molar-refractivity contribution is 0.926. The third kappa shape index (κ3) is 2.30. The van der Waals surface area contributed by atoms with Crippen LogP contribution in [0.1, 0.15) is 12.8 Å². The summed E-state index contributed by atoms with van der Waals surface area (Å²) in [6, 6.07) is 0. The average Bonchev–Trinajstić information content (AvgIpc) is 2.98. The summed E-state index contributed by atoms with van der Waals surface area (Å²) in [6.07, 6.45) is 7.94. The summed E-state index contributed by atoms with van der Waals surface area (Å²) in [5.41, 5.74) is 0. The smallest absolute Gasteiger partial charge is 0.222 e. The highest BCUT2D eigenvalue weighted by molar-refractivity contribution is 8.00. The zero-order chi connectivity index (χ0) is 10.0. The molecule has 1 aliphatic carbocycles. The fraction of sp³-hybridized carbons (Fsp3) is 0.556. The molecular weight excluding hydrogens is 218 g/mol. The van der Waals surface area contributed by atoms with Crippen molar-refractivity contribution >= 4 is 29.3 Å². The molecule has 3 nitrogen and oxygen atoms in total. The van der Waals surface area contributed by atoms with Crippen molar-refractivity contribution in [2.45, 2.75) is 17.6 Å². The van der Waals surface area contributed by atoms with Gasteiger partial charge in [0.2, 0.25) is 5.95 Å². The predicted octanol–water partition coefficient (Wildman–Crippen LogP) is 2.44. The number of anilines is 1. The molecule has 0 aliphatic heterocycles. The lowest BCUT2D eigenvalue weighted by Crippen LogP contribution is -2.18. The summed E-state index contributed by atoms with van der Waals surface area (Å²) in [5, 5.41) is 3.79. The molecule has 1 aromatic rings. The van der Waals surface area contributed by atoms with Crippen molar-refractivity contribution in [3.05, 3.63) is 17.4 Å². The average molecular weight is 230 g/mol. The van der Waals surface area contributed by atoms with Gasteiger partial charge in [0.05, 0.1) is 17.4 Å². The van der Waals surface area contributed by atoms with E-state index >= 15 is 0 Å². The van der Waals surface area contributed by atoms with Crippen molar-refractivity contribution in [1.29, 1.82) is 0 Å².